The van der Waals surface area contributed by atoms with E-state index in [0.717, 1.165) is 36.8 Å². The molecule has 0 aromatic heterocycles. The summed E-state index contributed by atoms with van der Waals surface area (Å²) in [6.07, 6.45) is 4.50. The van der Waals surface area contributed by atoms with Crippen molar-refractivity contribution in [2.45, 2.75) is 25.7 Å². The minimum atomic E-state index is 0.208. The predicted molar refractivity (Wildman–Crippen MR) is 92.4 cm³/mol. The lowest BCUT2D eigenvalue weighted by Gasteiger charge is -2.10. The Kier molecular flexibility index (Phi) is 12.7. The van der Waals surface area contributed by atoms with Crippen LogP contribution in [0, 0.1) is 0 Å². The lowest BCUT2D eigenvalue weighted by molar-refractivity contribution is 0.0964. The molecule has 1 rings (SSSR count). The minimum Gasteiger partial charge on any atom is -0.491 e. The maximum atomic E-state index is 5.65. The first-order chi connectivity index (χ1) is 11.4. The molecule has 0 fully saturated rings. The summed E-state index contributed by atoms with van der Waals surface area (Å²) < 4.78 is 21.7. The van der Waals surface area contributed by atoms with E-state index in [1.807, 2.05) is 24.3 Å². The summed E-state index contributed by atoms with van der Waals surface area (Å²) in [5.74, 6) is 2.27. The van der Waals surface area contributed by atoms with E-state index in [-0.39, 0.29) is 6.73 Å². The Hall–Kier alpha value is -1.01. The number of halogens is 1. The van der Waals surface area contributed by atoms with Gasteiger partial charge in [-0.3, -0.25) is 0 Å². The van der Waals surface area contributed by atoms with Crippen molar-refractivity contribution in [3.63, 3.8) is 0 Å². The molecule has 0 unspecified atom stereocenters. The van der Waals surface area contributed by atoms with Crippen molar-refractivity contribution in [3.05, 3.63) is 24.3 Å². The number of rotatable bonds is 15. The second-order valence-corrected chi connectivity index (χ2v) is 5.34. The molecule has 2 N–H and O–H groups in total. The second-order valence-electron chi connectivity index (χ2n) is 4.96. The van der Waals surface area contributed by atoms with Crippen molar-refractivity contribution < 1.29 is 18.9 Å². The zero-order valence-corrected chi connectivity index (χ0v) is 14.4. The van der Waals surface area contributed by atoms with E-state index in [2.05, 4.69) is 0 Å². The highest BCUT2D eigenvalue weighted by atomic mass is 35.5. The monoisotopic (exact) mass is 345 g/mol. The first kappa shape index (κ1) is 20.0. The second kappa shape index (κ2) is 14.6. The lowest BCUT2D eigenvalue weighted by atomic mass is 10.2. The summed E-state index contributed by atoms with van der Waals surface area (Å²) in [5, 5.41) is 0. The lowest BCUT2D eigenvalue weighted by Crippen LogP contribution is -2.11. The molecule has 132 valence electrons. The normalized spacial score (nSPS) is 10.7. The van der Waals surface area contributed by atoms with Crippen LogP contribution in [0.3, 0.4) is 0 Å². The molecule has 0 amide bonds. The summed E-state index contributed by atoms with van der Waals surface area (Å²) in [7, 11) is 0. The molecule has 6 heteroatoms. The van der Waals surface area contributed by atoms with Crippen LogP contribution in [0.1, 0.15) is 25.7 Å². The van der Waals surface area contributed by atoms with E-state index in [1.165, 1.54) is 12.8 Å². The van der Waals surface area contributed by atoms with E-state index in [4.69, 9.17) is 36.3 Å². The molecule has 0 aliphatic carbocycles. The molecule has 23 heavy (non-hydrogen) atoms. The molecule has 0 spiro atoms. The highest BCUT2D eigenvalue weighted by molar-refractivity contribution is 6.17. The van der Waals surface area contributed by atoms with Crippen LogP contribution in [-0.2, 0) is 9.47 Å². The van der Waals surface area contributed by atoms with Crippen LogP contribution in [0.15, 0.2) is 24.3 Å². The maximum Gasteiger partial charge on any atom is 0.123 e. The molecule has 0 aliphatic heterocycles. The van der Waals surface area contributed by atoms with Gasteiger partial charge in [-0.2, -0.15) is 0 Å². The summed E-state index contributed by atoms with van der Waals surface area (Å²) >= 11 is 5.63. The van der Waals surface area contributed by atoms with Crippen LogP contribution < -0.4 is 15.2 Å². The van der Waals surface area contributed by atoms with Crippen molar-refractivity contribution in [2.75, 3.05) is 45.6 Å². The Bertz CT molecular complexity index is 393. The van der Waals surface area contributed by atoms with Crippen LogP contribution >= 0.6 is 11.6 Å². The first-order valence-electron chi connectivity index (χ1n) is 8.14. The van der Waals surface area contributed by atoms with E-state index in [9.17, 15) is 0 Å². The third-order valence-corrected chi connectivity index (χ3v) is 3.36. The van der Waals surface area contributed by atoms with Gasteiger partial charge in [0.15, 0.2) is 0 Å². The molecule has 1 aromatic rings. The summed E-state index contributed by atoms with van der Waals surface area (Å²) in [4.78, 5) is 0. The van der Waals surface area contributed by atoms with Crippen molar-refractivity contribution in [1.82, 2.24) is 0 Å². The number of hydrogen-bond acceptors (Lipinski definition) is 5. The van der Waals surface area contributed by atoms with Crippen molar-refractivity contribution in [2.24, 2.45) is 5.73 Å². The van der Waals surface area contributed by atoms with Gasteiger partial charge in [0.1, 0.15) is 24.7 Å². The quantitative estimate of drug-likeness (QED) is 0.300. The highest BCUT2D eigenvalue weighted by Gasteiger charge is 1.99. The molecule has 0 atom stereocenters. The van der Waals surface area contributed by atoms with Crippen LogP contribution in [0.4, 0.5) is 0 Å². The Morgan fingerprint density at radius 2 is 1.43 bits per heavy atom. The molecule has 0 saturated carbocycles. The minimum absolute atomic E-state index is 0.208. The largest absolute Gasteiger partial charge is 0.491 e. The Morgan fingerprint density at radius 1 is 0.783 bits per heavy atom. The van der Waals surface area contributed by atoms with Crippen molar-refractivity contribution in [3.8, 4) is 11.5 Å². The van der Waals surface area contributed by atoms with Crippen molar-refractivity contribution >= 4 is 11.6 Å². The van der Waals surface area contributed by atoms with Gasteiger partial charge in [0, 0.05) is 18.6 Å². The highest BCUT2D eigenvalue weighted by Crippen LogP contribution is 2.19. The summed E-state index contributed by atoms with van der Waals surface area (Å²) in [6.45, 7) is 3.04. The average Bonchev–Trinajstić information content (AvgIpc) is 2.58. The van der Waals surface area contributed by atoms with Crippen LogP contribution in [0.2, 0.25) is 0 Å². The number of unbranched alkanes of at least 4 members (excludes halogenated alkanes) is 3. The van der Waals surface area contributed by atoms with Gasteiger partial charge in [-0.15, -0.1) is 11.6 Å². The fourth-order valence-corrected chi connectivity index (χ4v) is 2.12. The SMILES string of the molecule is NCOCCOc1cccc(OCCOCCCCCCCl)c1. The van der Waals surface area contributed by atoms with Crippen molar-refractivity contribution in [1.29, 1.82) is 0 Å². The van der Waals surface area contributed by atoms with Crippen LogP contribution in [0.25, 0.3) is 0 Å². The zero-order chi connectivity index (χ0) is 16.6. The smallest absolute Gasteiger partial charge is 0.123 e. The molecule has 0 radical (unpaired) electrons. The van der Waals surface area contributed by atoms with Gasteiger partial charge in [0.25, 0.3) is 0 Å². The van der Waals surface area contributed by atoms with E-state index in [1.54, 1.807) is 0 Å². The summed E-state index contributed by atoms with van der Waals surface area (Å²) in [6, 6.07) is 7.53. The molecule has 5 nitrogen and oxygen atoms in total. The van der Waals surface area contributed by atoms with E-state index >= 15 is 0 Å². The molecule has 0 saturated heterocycles. The molecular formula is C17H28ClNO4. The molecule has 0 heterocycles. The fourth-order valence-electron chi connectivity index (χ4n) is 1.93. The van der Waals surface area contributed by atoms with E-state index in [0.29, 0.717) is 26.4 Å². The maximum absolute atomic E-state index is 5.65. The predicted octanol–water partition coefficient (Wildman–Crippen LogP) is 3.19. The fraction of sp³-hybridized carbons (Fsp3) is 0.647. The Labute approximate surface area is 144 Å². The van der Waals surface area contributed by atoms with Gasteiger partial charge >= 0.3 is 0 Å². The Morgan fingerprint density at radius 3 is 2.09 bits per heavy atom. The van der Waals surface area contributed by atoms with Gasteiger partial charge in [-0.05, 0) is 25.0 Å². The number of nitrogens with two attached hydrogens (primary N) is 1. The van der Waals surface area contributed by atoms with Crippen LogP contribution in [0.5, 0.6) is 11.5 Å². The van der Waals surface area contributed by atoms with Crippen LogP contribution in [-0.4, -0.2) is 45.6 Å². The van der Waals surface area contributed by atoms with Gasteiger partial charge in [0.05, 0.1) is 19.9 Å². The number of ether oxygens (including phenoxy) is 4. The molecular weight excluding hydrogens is 318 g/mol. The number of benzene rings is 1. The first-order valence-corrected chi connectivity index (χ1v) is 8.67. The number of hydrogen-bond donors (Lipinski definition) is 1. The standard InChI is InChI=1S/C17H28ClNO4/c18-8-3-1-2-4-9-20-10-12-22-16-6-5-7-17(14-16)23-13-11-21-15-19/h5-7,14H,1-4,8-13,15,19H2. The number of alkyl halides is 1. The molecule has 1 aromatic carbocycles. The third kappa shape index (κ3) is 11.2. The molecule has 0 aliphatic rings. The topological polar surface area (TPSA) is 62.9 Å². The van der Waals surface area contributed by atoms with Gasteiger partial charge < -0.3 is 24.7 Å². The average molecular weight is 346 g/mol. The van der Waals surface area contributed by atoms with Gasteiger partial charge in [-0.1, -0.05) is 18.9 Å². The van der Waals surface area contributed by atoms with E-state index < -0.39 is 0 Å². The summed E-state index contributed by atoms with van der Waals surface area (Å²) in [5.41, 5.74) is 5.24. The Balaban J connectivity index is 2.06. The van der Waals surface area contributed by atoms with Gasteiger partial charge in [0.2, 0.25) is 0 Å². The zero-order valence-electron chi connectivity index (χ0n) is 13.7. The molecule has 0 bridgehead atoms. The van der Waals surface area contributed by atoms with Gasteiger partial charge in [-0.25, -0.2) is 0 Å². The third-order valence-electron chi connectivity index (χ3n) is 3.09.